The fraction of sp³-hybridized carbons (Fsp3) is 0.200. The van der Waals surface area contributed by atoms with Crippen molar-refractivity contribution in [1.29, 1.82) is 0 Å². The number of pyridine rings is 1. The van der Waals surface area contributed by atoms with Gasteiger partial charge in [-0.15, -0.1) is 0 Å². The van der Waals surface area contributed by atoms with E-state index >= 15 is 0 Å². The molecule has 1 aromatic carbocycles. The summed E-state index contributed by atoms with van der Waals surface area (Å²) in [7, 11) is 0. The third-order valence-corrected chi connectivity index (χ3v) is 2.73. The first-order valence-corrected chi connectivity index (χ1v) is 6.10. The van der Waals surface area contributed by atoms with Crippen LogP contribution in [0.25, 0.3) is 0 Å². The van der Waals surface area contributed by atoms with Crippen molar-refractivity contribution in [2.45, 2.75) is 19.7 Å². The van der Waals surface area contributed by atoms with Crippen LogP contribution in [0.2, 0.25) is 0 Å². The van der Waals surface area contributed by atoms with Gasteiger partial charge >= 0.3 is 6.18 Å². The molecule has 0 bridgehead atoms. The lowest BCUT2D eigenvalue weighted by Gasteiger charge is -2.09. The van der Waals surface area contributed by atoms with Crippen LogP contribution in [0.4, 0.5) is 13.2 Å². The quantitative estimate of drug-likeness (QED) is 0.805. The molecule has 2 rings (SSSR count). The zero-order valence-electron chi connectivity index (χ0n) is 11.1. The second-order valence-electron chi connectivity index (χ2n) is 4.54. The number of ether oxygens (including phenoxy) is 1. The molecule has 1 heterocycles. The van der Waals surface area contributed by atoms with Crippen molar-refractivity contribution < 1.29 is 22.7 Å². The van der Waals surface area contributed by atoms with Crippen molar-refractivity contribution in [3.63, 3.8) is 0 Å². The van der Waals surface area contributed by atoms with Gasteiger partial charge in [0.2, 0.25) is 0 Å². The number of benzene rings is 1. The Labute approximate surface area is 119 Å². The molecule has 0 radical (unpaired) electrons. The normalized spacial score (nSPS) is 11.2. The first-order valence-electron chi connectivity index (χ1n) is 6.10. The maximum absolute atomic E-state index is 12.4. The molecule has 0 saturated heterocycles. The van der Waals surface area contributed by atoms with Crippen molar-refractivity contribution >= 4 is 6.29 Å². The van der Waals surface area contributed by atoms with Gasteiger partial charge in [-0.25, -0.2) is 0 Å². The van der Waals surface area contributed by atoms with Gasteiger partial charge in [-0.3, -0.25) is 9.78 Å². The van der Waals surface area contributed by atoms with Crippen molar-refractivity contribution in [2.75, 3.05) is 0 Å². The molecule has 0 atom stereocenters. The minimum absolute atomic E-state index is 0.0763. The largest absolute Gasteiger partial charge is 0.489 e. The molecule has 2 aromatic rings. The smallest absolute Gasteiger partial charge is 0.433 e. The number of rotatable bonds is 4. The number of carbonyl (C=O) groups is 1. The minimum atomic E-state index is -4.45. The van der Waals surface area contributed by atoms with Crippen LogP contribution in [0.5, 0.6) is 5.75 Å². The van der Waals surface area contributed by atoms with E-state index < -0.39 is 11.9 Å². The average Bonchev–Trinajstić information content (AvgIpc) is 2.44. The Morgan fingerprint density at radius 2 is 2.00 bits per heavy atom. The number of halogens is 3. The molecule has 0 N–H and O–H groups in total. The molecule has 0 saturated carbocycles. The number of nitrogens with zero attached hydrogens (tertiary/aromatic N) is 1. The number of hydrogen-bond donors (Lipinski definition) is 0. The number of carbonyl (C=O) groups excluding carboxylic acids is 1. The molecule has 0 fully saturated rings. The van der Waals surface area contributed by atoms with Gasteiger partial charge in [0.15, 0.2) is 0 Å². The van der Waals surface area contributed by atoms with E-state index in [0.717, 1.165) is 17.8 Å². The highest BCUT2D eigenvalue weighted by Gasteiger charge is 2.31. The molecule has 0 aliphatic heterocycles. The van der Waals surface area contributed by atoms with Crippen LogP contribution in [-0.4, -0.2) is 11.3 Å². The Morgan fingerprint density at radius 3 is 2.57 bits per heavy atom. The molecule has 1 aromatic heterocycles. The van der Waals surface area contributed by atoms with E-state index in [1.807, 2.05) is 6.92 Å². The number of aromatic nitrogens is 1. The van der Waals surface area contributed by atoms with E-state index in [2.05, 4.69) is 4.98 Å². The Hall–Kier alpha value is -2.37. The number of hydrogen-bond acceptors (Lipinski definition) is 3. The maximum atomic E-state index is 12.4. The Balaban J connectivity index is 2.06. The lowest BCUT2D eigenvalue weighted by atomic mass is 10.1. The third kappa shape index (κ3) is 4.05. The standard InChI is InChI=1S/C15H12F3NO2/c1-10-4-12(8-20)6-13(5-10)21-9-11-2-3-14(19-7-11)15(16,17)18/h2-8H,9H2,1H3. The van der Waals surface area contributed by atoms with Crippen LogP contribution >= 0.6 is 0 Å². The lowest BCUT2D eigenvalue weighted by molar-refractivity contribution is -0.141. The SMILES string of the molecule is Cc1cc(C=O)cc(OCc2ccc(C(F)(F)F)nc2)c1. The van der Waals surface area contributed by atoms with Crippen LogP contribution in [0.3, 0.4) is 0 Å². The Morgan fingerprint density at radius 1 is 1.24 bits per heavy atom. The zero-order valence-corrected chi connectivity index (χ0v) is 11.1. The van der Waals surface area contributed by atoms with E-state index in [0.29, 0.717) is 23.2 Å². The third-order valence-electron chi connectivity index (χ3n) is 2.73. The van der Waals surface area contributed by atoms with Gasteiger partial charge in [-0.05, 0) is 36.8 Å². The van der Waals surface area contributed by atoms with Crippen molar-refractivity contribution in [3.05, 3.63) is 58.9 Å². The van der Waals surface area contributed by atoms with Gasteiger partial charge in [0.1, 0.15) is 24.3 Å². The summed E-state index contributed by atoms with van der Waals surface area (Å²) >= 11 is 0. The zero-order chi connectivity index (χ0) is 15.5. The molecule has 0 unspecified atom stereocenters. The summed E-state index contributed by atoms with van der Waals surface area (Å²) in [5.74, 6) is 0.483. The fourth-order valence-electron chi connectivity index (χ4n) is 1.77. The Kier molecular flexibility index (Phi) is 4.26. The van der Waals surface area contributed by atoms with Crippen LogP contribution in [0, 0.1) is 6.92 Å². The van der Waals surface area contributed by atoms with Crippen LogP contribution < -0.4 is 4.74 Å². The van der Waals surface area contributed by atoms with E-state index in [-0.39, 0.29) is 6.61 Å². The summed E-state index contributed by atoms with van der Waals surface area (Å²) in [5, 5.41) is 0. The van der Waals surface area contributed by atoms with E-state index in [4.69, 9.17) is 4.74 Å². The monoisotopic (exact) mass is 295 g/mol. The second kappa shape index (κ2) is 5.95. The highest BCUT2D eigenvalue weighted by Crippen LogP contribution is 2.27. The predicted octanol–water partition coefficient (Wildman–Crippen LogP) is 3.80. The van der Waals surface area contributed by atoms with Gasteiger partial charge in [0, 0.05) is 17.3 Å². The summed E-state index contributed by atoms with van der Waals surface area (Å²) in [6.45, 7) is 1.90. The molecular formula is C15H12F3NO2. The van der Waals surface area contributed by atoms with E-state index in [1.165, 1.54) is 6.07 Å². The molecule has 21 heavy (non-hydrogen) atoms. The highest BCUT2D eigenvalue weighted by atomic mass is 19.4. The summed E-state index contributed by atoms with van der Waals surface area (Å²) in [6, 6.07) is 7.24. The molecule has 0 aliphatic carbocycles. The highest BCUT2D eigenvalue weighted by molar-refractivity contribution is 5.76. The molecular weight excluding hydrogens is 283 g/mol. The minimum Gasteiger partial charge on any atom is -0.489 e. The second-order valence-corrected chi connectivity index (χ2v) is 4.54. The summed E-state index contributed by atoms with van der Waals surface area (Å²) in [6.07, 6.45) is -2.62. The molecule has 0 spiro atoms. The van der Waals surface area contributed by atoms with Crippen molar-refractivity contribution in [3.8, 4) is 5.75 Å². The number of aryl methyl sites for hydroxylation is 1. The Bertz CT molecular complexity index is 636. The maximum Gasteiger partial charge on any atom is 0.433 e. The van der Waals surface area contributed by atoms with Gasteiger partial charge < -0.3 is 4.74 Å². The van der Waals surface area contributed by atoms with Gasteiger partial charge in [0.05, 0.1) is 0 Å². The van der Waals surface area contributed by atoms with E-state index in [9.17, 15) is 18.0 Å². The topological polar surface area (TPSA) is 39.2 Å². The first kappa shape index (κ1) is 15.0. The van der Waals surface area contributed by atoms with Crippen LogP contribution in [-0.2, 0) is 12.8 Å². The summed E-state index contributed by atoms with van der Waals surface area (Å²) in [5.41, 5.74) is 0.915. The number of alkyl halides is 3. The molecule has 110 valence electrons. The summed E-state index contributed by atoms with van der Waals surface area (Å²) in [4.78, 5) is 14.1. The summed E-state index contributed by atoms with van der Waals surface area (Å²) < 4.78 is 42.6. The van der Waals surface area contributed by atoms with Crippen LogP contribution in [0.15, 0.2) is 36.5 Å². The molecule has 3 nitrogen and oxygen atoms in total. The average molecular weight is 295 g/mol. The van der Waals surface area contributed by atoms with Crippen molar-refractivity contribution in [1.82, 2.24) is 4.98 Å². The van der Waals surface area contributed by atoms with Gasteiger partial charge in [0.25, 0.3) is 0 Å². The molecule has 0 amide bonds. The van der Waals surface area contributed by atoms with Gasteiger partial charge in [-0.1, -0.05) is 6.07 Å². The van der Waals surface area contributed by atoms with Crippen molar-refractivity contribution in [2.24, 2.45) is 0 Å². The lowest BCUT2D eigenvalue weighted by Crippen LogP contribution is -2.08. The molecule has 6 heteroatoms. The van der Waals surface area contributed by atoms with Crippen LogP contribution in [0.1, 0.15) is 27.2 Å². The molecule has 0 aliphatic rings. The fourth-order valence-corrected chi connectivity index (χ4v) is 1.77. The predicted molar refractivity (Wildman–Crippen MR) is 70.1 cm³/mol. The van der Waals surface area contributed by atoms with Gasteiger partial charge in [-0.2, -0.15) is 13.2 Å². The number of aldehydes is 1. The first-order chi connectivity index (χ1) is 9.88. The van der Waals surface area contributed by atoms with E-state index in [1.54, 1.807) is 18.2 Å².